The summed E-state index contributed by atoms with van der Waals surface area (Å²) in [5.74, 6) is 0.774. The van der Waals surface area contributed by atoms with Gasteiger partial charge in [0.2, 0.25) is 0 Å². The molecular formula is C17H28N2. The first kappa shape index (κ1) is 14.5. The van der Waals surface area contributed by atoms with Gasteiger partial charge in [-0.1, -0.05) is 44.5 Å². The van der Waals surface area contributed by atoms with Crippen LogP contribution in [0, 0.1) is 0 Å². The Balaban J connectivity index is 2.00. The highest BCUT2D eigenvalue weighted by atomic mass is 15.1. The lowest BCUT2D eigenvalue weighted by Crippen LogP contribution is -2.27. The van der Waals surface area contributed by atoms with Gasteiger partial charge in [-0.15, -0.1) is 0 Å². The molecule has 2 rings (SSSR count). The number of rotatable bonds is 7. The van der Waals surface area contributed by atoms with Crippen molar-refractivity contribution >= 4 is 0 Å². The molecule has 0 amide bonds. The molecule has 0 bridgehead atoms. The second kappa shape index (κ2) is 7.06. The zero-order chi connectivity index (χ0) is 13.7. The quantitative estimate of drug-likeness (QED) is 0.810. The third-order valence-electron chi connectivity index (χ3n) is 4.59. The molecule has 1 unspecified atom stereocenters. The highest BCUT2D eigenvalue weighted by molar-refractivity contribution is 5.34. The minimum atomic E-state index is 0.192. The lowest BCUT2D eigenvalue weighted by Gasteiger charge is -2.30. The second-order valence-corrected chi connectivity index (χ2v) is 5.68. The van der Waals surface area contributed by atoms with E-state index in [1.54, 1.807) is 0 Å². The predicted molar refractivity (Wildman–Crippen MR) is 82.4 cm³/mol. The van der Waals surface area contributed by atoms with Gasteiger partial charge < -0.3 is 10.6 Å². The van der Waals surface area contributed by atoms with E-state index in [0.29, 0.717) is 0 Å². The molecular weight excluding hydrogens is 232 g/mol. The molecule has 0 heterocycles. The van der Waals surface area contributed by atoms with Crippen LogP contribution in [-0.2, 0) is 0 Å². The fourth-order valence-electron chi connectivity index (χ4n) is 2.96. The van der Waals surface area contributed by atoms with Crippen LogP contribution in [0.15, 0.2) is 24.3 Å². The molecule has 1 aliphatic carbocycles. The molecule has 0 saturated heterocycles. The lowest BCUT2D eigenvalue weighted by molar-refractivity contribution is 0.290. The van der Waals surface area contributed by atoms with E-state index in [2.05, 4.69) is 43.0 Å². The van der Waals surface area contributed by atoms with E-state index >= 15 is 0 Å². The third-order valence-corrected chi connectivity index (χ3v) is 4.59. The summed E-state index contributed by atoms with van der Waals surface area (Å²) in [5, 5.41) is 0. The Kier molecular flexibility index (Phi) is 5.41. The molecule has 1 aliphatic rings. The largest absolute Gasteiger partial charge is 0.324 e. The first-order chi connectivity index (χ1) is 9.26. The van der Waals surface area contributed by atoms with Gasteiger partial charge in [0.1, 0.15) is 0 Å². The van der Waals surface area contributed by atoms with E-state index in [1.165, 1.54) is 30.4 Å². The molecule has 0 aliphatic heterocycles. The van der Waals surface area contributed by atoms with Gasteiger partial charge in [-0.25, -0.2) is 0 Å². The number of benzene rings is 1. The van der Waals surface area contributed by atoms with E-state index in [9.17, 15) is 0 Å². The van der Waals surface area contributed by atoms with E-state index in [-0.39, 0.29) is 6.04 Å². The van der Waals surface area contributed by atoms with E-state index in [0.717, 1.165) is 32.0 Å². The minimum absolute atomic E-state index is 0.192. The molecule has 0 aromatic heterocycles. The number of nitrogens with two attached hydrogens (primary N) is 1. The topological polar surface area (TPSA) is 29.3 Å². The Labute approximate surface area is 118 Å². The van der Waals surface area contributed by atoms with E-state index in [4.69, 9.17) is 5.73 Å². The number of hydrogen-bond acceptors (Lipinski definition) is 2. The molecule has 106 valence electrons. The number of nitrogens with zero attached hydrogens (tertiary/aromatic N) is 1. The van der Waals surface area contributed by atoms with Crippen LogP contribution in [0.4, 0.5) is 0 Å². The summed E-state index contributed by atoms with van der Waals surface area (Å²) in [6.07, 6.45) is 5.14. The highest BCUT2D eigenvalue weighted by Gasteiger charge is 2.23. The van der Waals surface area contributed by atoms with Crippen LogP contribution in [0.3, 0.4) is 0 Å². The summed E-state index contributed by atoms with van der Waals surface area (Å²) in [7, 11) is 0. The first-order valence-corrected chi connectivity index (χ1v) is 7.83. The number of hydrogen-bond donors (Lipinski definition) is 1. The fraction of sp³-hybridized carbons (Fsp3) is 0.647. The molecule has 1 atom stereocenters. The van der Waals surface area contributed by atoms with Gasteiger partial charge in [0, 0.05) is 6.04 Å². The SMILES string of the molecule is CCN(CC)CCC(N)c1ccccc1C1CCC1. The Bertz CT molecular complexity index is 381. The Hall–Kier alpha value is -0.860. The second-order valence-electron chi connectivity index (χ2n) is 5.68. The van der Waals surface area contributed by atoms with Gasteiger partial charge in [0.05, 0.1) is 0 Å². The normalized spacial score (nSPS) is 17.5. The third kappa shape index (κ3) is 3.58. The Morgan fingerprint density at radius 3 is 2.47 bits per heavy atom. The van der Waals surface area contributed by atoms with Gasteiger partial charge in [0.25, 0.3) is 0 Å². The summed E-state index contributed by atoms with van der Waals surface area (Å²) in [5.41, 5.74) is 9.35. The van der Waals surface area contributed by atoms with Crippen LogP contribution >= 0.6 is 0 Å². The molecule has 0 radical (unpaired) electrons. The van der Waals surface area contributed by atoms with E-state index < -0.39 is 0 Å². The van der Waals surface area contributed by atoms with Crippen LogP contribution in [-0.4, -0.2) is 24.5 Å². The zero-order valence-electron chi connectivity index (χ0n) is 12.4. The van der Waals surface area contributed by atoms with Crippen LogP contribution in [0.25, 0.3) is 0 Å². The van der Waals surface area contributed by atoms with Crippen LogP contribution < -0.4 is 5.73 Å². The molecule has 0 spiro atoms. The van der Waals surface area contributed by atoms with Gasteiger partial charge >= 0.3 is 0 Å². The first-order valence-electron chi connectivity index (χ1n) is 7.83. The molecule has 2 heteroatoms. The van der Waals surface area contributed by atoms with Crippen LogP contribution in [0.1, 0.15) is 62.6 Å². The van der Waals surface area contributed by atoms with Crippen molar-refractivity contribution in [2.75, 3.05) is 19.6 Å². The Morgan fingerprint density at radius 1 is 1.21 bits per heavy atom. The van der Waals surface area contributed by atoms with Crippen molar-refractivity contribution in [1.29, 1.82) is 0 Å². The maximum atomic E-state index is 6.44. The van der Waals surface area contributed by atoms with Crippen molar-refractivity contribution in [2.45, 2.75) is 51.5 Å². The van der Waals surface area contributed by atoms with Gasteiger partial charge in [-0.05, 0) is 55.9 Å². The summed E-state index contributed by atoms with van der Waals surface area (Å²) >= 11 is 0. The van der Waals surface area contributed by atoms with Crippen molar-refractivity contribution < 1.29 is 0 Å². The summed E-state index contributed by atoms with van der Waals surface area (Å²) in [6.45, 7) is 7.78. The van der Waals surface area contributed by atoms with Crippen molar-refractivity contribution in [3.63, 3.8) is 0 Å². The molecule has 1 saturated carbocycles. The molecule has 2 N–H and O–H groups in total. The zero-order valence-corrected chi connectivity index (χ0v) is 12.4. The van der Waals surface area contributed by atoms with Crippen molar-refractivity contribution in [3.8, 4) is 0 Å². The van der Waals surface area contributed by atoms with Crippen molar-refractivity contribution in [3.05, 3.63) is 35.4 Å². The Morgan fingerprint density at radius 2 is 1.89 bits per heavy atom. The minimum Gasteiger partial charge on any atom is -0.324 e. The van der Waals surface area contributed by atoms with E-state index in [1.807, 2.05) is 0 Å². The molecule has 1 aromatic carbocycles. The van der Waals surface area contributed by atoms with Gasteiger partial charge in [-0.3, -0.25) is 0 Å². The highest BCUT2D eigenvalue weighted by Crippen LogP contribution is 2.39. The molecule has 1 aromatic rings. The van der Waals surface area contributed by atoms with Crippen molar-refractivity contribution in [1.82, 2.24) is 4.90 Å². The smallest absolute Gasteiger partial charge is 0.0309 e. The maximum absolute atomic E-state index is 6.44. The van der Waals surface area contributed by atoms with Gasteiger partial charge in [-0.2, -0.15) is 0 Å². The fourth-order valence-corrected chi connectivity index (χ4v) is 2.96. The van der Waals surface area contributed by atoms with Gasteiger partial charge in [0.15, 0.2) is 0 Å². The molecule has 1 fully saturated rings. The standard InChI is InChI=1S/C17H28N2/c1-3-19(4-2)13-12-17(18)16-11-6-5-10-15(16)14-8-7-9-14/h5-6,10-11,14,17H,3-4,7-9,12-13,18H2,1-2H3. The monoisotopic (exact) mass is 260 g/mol. The van der Waals surface area contributed by atoms with Crippen LogP contribution in [0.2, 0.25) is 0 Å². The van der Waals surface area contributed by atoms with Crippen LogP contribution in [0.5, 0.6) is 0 Å². The maximum Gasteiger partial charge on any atom is 0.0309 e. The lowest BCUT2D eigenvalue weighted by atomic mass is 9.77. The predicted octanol–water partition coefficient (Wildman–Crippen LogP) is 3.69. The summed E-state index contributed by atoms with van der Waals surface area (Å²) in [4.78, 5) is 2.45. The van der Waals surface area contributed by atoms with Crippen molar-refractivity contribution in [2.24, 2.45) is 5.73 Å². The average molecular weight is 260 g/mol. The average Bonchev–Trinajstić information content (AvgIpc) is 2.38. The summed E-state index contributed by atoms with van der Waals surface area (Å²) < 4.78 is 0. The summed E-state index contributed by atoms with van der Waals surface area (Å²) in [6, 6.07) is 9.01. The molecule has 2 nitrogen and oxygen atoms in total. The molecule has 19 heavy (non-hydrogen) atoms.